The quantitative estimate of drug-likeness (QED) is 0.716. The molecule has 1 N–H and O–H groups in total. The maximum absolute atomic E-state index is 12.7. The van der Waals surface area contributed by atoms with Gasteiger partial charge in [-0.1, -0.05) is 12.1 Å². The first-order valence-electron chi connectivity index (χ1n) is 9.64. The summed E-state index contributed by atoms with van der Waals surface area (Å²) in [5.41, 5.74) is 5.50. The molecule has 4 rings (SSSR count). The average Bonchev–Trinajstić information content (AvgIpc) is 3.38. The van der Waals surface area contributed by atoms with Gasteiger partial charge in [0.25, 0.3) is 5.91 Å². The van der Waals surface area contributed by atoms with E-state index in [1.54, 1.807) is 0 Å². The van der Waals surface area contributed by atoms with E-state index in [1.807, 2.05) is 50.2 Å². The number of carbonyl (C=O) groups is 1. The summed E-state index contributed by atoms with van der Waals surface area (Å²) >= 11 is 0. The largest absolute Gasteiger partial charge is 0.351 e. The van der Waals surface area contributed by atoms with E-state index in [1.165, 1.54) is 5.69 Å². The Hall–Kier alpha value is -3.02. The van der Waals surface area contributed by atoms with Crippen LogP contribution in [0.5, 0.6) is 0 Å². The topological polar surface area (TPSA) is 72.7 Å². The number of carbonyl (C=O) groups excluding carboxylic acids is 1. The molecule has 1 aliphatic rings. The maximum Gasteiger partial charge on any atom is 0.251 e. The van der Waals surface area contributed by atoms with Crippen LogP contribution in [-0.4, -0.2) is 32.4 Å². The van der Waals surface area contributed by atoms with Crippen LogP contribution in [0.4, 0.5) is 0 Å². The number of hydrogen-bond donors (Lipinski definition) is 1. The first-order chi connectivity index (χ1) is 13.4. The third kappa shape index (κ3) is 3.96. The molecule has 0 spiro atoms. The summed E-state index contributed by atoms with van der Waals surface area (Å²) < 4.78 is 2.06. The minimum atomic E-state index is -0.0541. The monoisotopic (exact) mass is 375 g/mol. The highest BCUT2D eigenvalue weighted by atomic mass is 16.1. The predicted molar refractivity (Wildman–Crippen MR) is 108 cm³/mol. The number of nitrogens with zero attached hydrogens (tertiary/aromatic N) is 4. The molecule has 3 aromatic rings. The number of amides is 1. The molecular weight excluding hydrogens is 350 g/mol. The van der Waals surface area contributed by atoms with E-state index >= 15 is 0 Å². The zero-order chi connectivity index (χ0) is 19.7. The van der Waals surface area contributed by atoms with E-state index in [2.05, 4.69) is 38.3 Å². The number of rotatable bonds is 6. The summed E-state index contributed by atoms with van der Waals surface area (Å²) in [7, 11) is 0. The zero-order valence-corrected chi connectivity index (χ0v) is 16.6. The third-order valence-electron chi connectivity index (χ3n) is 5.39. The van der Waals surface area contributed by atoms with Crippen LogP contribution in [0.1, 0.15) is 40.3 Å². The van der Waals surface area contributed by atoms with Crippen molar-refractivity contribution in [1.29, 1.82) is 0 Å². The fraction of sp³-hybridized carbons (Fsp3) is 0.364. The molecule has 1 aliphatic carbocycles. The van der Waals surface area contributed by atoms with Crippen molar-refractivity contribution in [2.45, 2.75) is 40.2 Å². The molecule has 1 aromatic carbocycles. The maximum atomic E-state index is 12.7. The van der Waals surface area contributed by atoms with Gasteiger partial charge in [-0.3, -0.25) is 9.48 Å². The van der Waals surface area contributed by atoms with Gasteiger partial charge in [0.2, 0.25) is 0 Å². The van der Waals surface area contributed by atoms with Crippen molar-refractivity contribution in [2.75, 3.05) is 6.54 Å². The van der Waals surface area contributed by atoms with Crippen LogP contribution >= 0.6 is 0 Å². The lowest BCUT2D eigenvalue weighted by molar-refractivity contribution is 0.0942. The second kappa shape index (κ2) is 7.19. The van der Waals surface area contributed by atoms with Gasteiger partial charge in [0.05, 0.1) is 17.1 Å². The van der Waals surface area contributed by atoms with Crippen molar-refractivity contribution in [3.63, 3.8) is 0 Å². The minimum absolute atomic E-state index is 0.0541. The number of nitrogens with one attached hydrogen (secondary N) is 1. The lowest BCUT2D eigenvalue weighted by atomic mass is 10.1. The summed E-state index contributed by atoms with van der Waals surface area (Å²) in [4.78, 5) is 12.7. The van der Waals surface area contributed by atoms with Crippen LogP contribution in [0, 0.1) is 26.2 Å². The molecule has 6 nitrogen and oxygen atoms in total. The Morgan fingerprint density at radius 1 is 1.07 bits per heavy atom. The van der Waals surface area contributed by atoms with Gasteiger partial charge in [0, 0.05) is 35.3 Å². The third-order valence-corrected chi connectivity index (χ3v) is 5.39. The number of aromatic nitrogens is 4. The molecule has 1 amide bonds. The molecule has 1 fully saturated rings. The first-order valence-corrected chi connectivity index (χ1v) is 9.64. The Bertz CT molecular complexity index is 1000. The van der Waals surface area contributed by atoms with Gasteiger partial charge in [-0.15, -0.1) is 0 Å². The first kappa shape index (κ1) is 18.3. The standard InChI is InChI=1S/C22H25N5O/c1-15-7-8-20(25-24-15)18-5-4-6-19(12-18)21(28)23-13-22(9-10-22)14-27-17(3)11-16(2)26-27/h4-8,11-12H,9-10,13-14H2,1-3H3,(H,23,28). The molecule has 0 saturated heterocycles. The molecule has 28 heavy (non-hydrogen) atoms. The lowest BCUT2D eigenvalue weighted by Crippen LogP contribution is -2.32. The molecule has 0 atom stereocenters. The molecule has 2 heterocycles. The molecule has 2 aromatic heterocycles. The second-order valence-corrected chi connectivity index (χ2v) is 7.91. The van der Waals surface area contributed by atoms with Crippen LogP contribution in [0.15, 0.2) is 42.5 Å². The van der Waals surface area contributed by atoms with E-state index in [0.717, 1.165) is 42.0 Å². The van der Waals surface area contributed by atoms with Crippen LogP contribution in [0.2, 0.25) is 0 Å². The normalized spacial score (nSPS) is 14.7. The smallest absolute Gasteiger partial charge is 0.251 e. The fourth-order valence-corrected chi connectivity index (χ4v) is 3.46. The Morgan fingerprint density at radius 3 is 2.54 bits per heavy atom. The van der Waals surface area contributed by atoms with E-state index < -0.39 is 0 Å². The molecule has 1 saturated carbocycles. The zero-order valence-electron chi connectivity index (χ0n) is 16.6. The fourth-order valence-electron chi connectivity index (χ4n) is 3.46. The lowest BCUT2D eigenvalue weighted by Gasteiger charge is -2.17. The van der Waals surface area contributed by atoms with Gasteiger partial charge >= 0.3 is 0 Å². The van der Waals surface area contributed by atoms with Crippen LogP contribution in [0.3, 0.4) is 0 Å². The van der Waals surface area contributed by atoms with Gasteiger partial charge in [-0.05, 0) is 63.9 Å². The summed E-state index contributed by atoms with van der Waals surface area (Å²) in [6.45, 7) is 7.51. The second-order valence-electron chi connectivity index (χ2n) is 7.91. The van der Waals surface area contributed by atoms with E-state index in [0.29, 0.717) is 12.1 Å². The van der Waals surface area contributed by atoms with E-state index in [9.17, 15) is 4.79 Å². The van der Waals surface area contributed by atoms with Crippen molar-refractivity contribution in [1.82, 2.24) is 25.3 Å². The van der Waals surface area contributed by atoms with Crippen molar-refractivity contribution < 1.29 is 4.79 Å². The number of hydrogen-bond acceptors (Lipinski definition) is 4. The Balaban J connectivity index is 1.42. The van der Waals surface area contributed by atoms with Gasteiger partial charge in [0.1, 0.15) is 0 Å². The molecular formula is C22H25N5O. The SMILES string of the molecule is Cc1ccc(-c2cccc(C(=O)NCC3(Cn4nc(C)cc4C)CC3)c2)nn1. The Kier molecular flexibility index (Phi) is 4.71. The highest BCUT2D eigenvalue weighted by Gasteiger charge is 2.43. The van der Waals surface area contributed by atoms with Crippen molar-refractivity contribution >= 4 is 5.91 Å². The number of aryl methyl sites for hydroxylation is 3. The summed E-state index contributed by atoms with van der Waals surface area (Å²) in [5, 5.41) is 16.0. The van der Waals surface area contributed by atoms with Crippen LogP contribution in [-0.2, 0) is 6.54 Å². The highest BCUT2D eigenvalue weighted by Crippen LogP contribution is 2.46. The van der Waals surface area contributed by atoms with Crippen LogP contribution in [0.25, 0.3) is 11.3 Å². The Morgan fingerprint density at radius 2 is 1.89 bits per heavy atom. The molecule has 0 unspecified atom stereocenters. The predicted octanol–water partition coefficient (Wildman–Crippen LogP) is 3.48. The molecule has 0 aliphatic heterocycles. The van der Waals surface area contributed by atoms with Crippen molar-refractivity contribution in [3.05, 3.63) is 65.1 Å². The average molecular weight is 375 g/mol. The highest BCUT2D eigenvalue weighted by molar-refractivity contribution is 5.95. The van der Waals surface area contributed by atoms with Crippen molar-refractivity contribution in [3.8, 4) is 11.3 Å². The van der Waals surface area contributed by atoms with Crippen LogP contribution < -0.4 is 5.32 Å². The summed E-state index contributed by atoms with van der Waals surface area (Å²) in [6, 6.07) is 13.5. The number of benzene rings is 1. The van der Waals surface area contributed by atoms with Crippen molar-refractivity contribution in [2.24, 2.45) is 5.41 Å². The van der Waals surface area contributed by atoms with E-state index in [4.69, 9.17) is 0 Å². The Labute approximate surface area is 165 Å². The molecule has 6 heteroatoms. The molecule has 0 radical (unpaired) electrons. The summed E-state index contributed by atoms with van der Waals surface area (Å²) in [5.74, 6) is -0.0541. The molecule has 144 valence electrons. The van der Waals surface area contributed by atoms with Gasteiger partial charge in [-0.25, -0.2) is 0 Å². The molecule has 0 bridgehead atoms. The minimum Gasteiger partial charge on any atom is -0.351 e. The van der Waals surface area contributed by atoms with E-state index in [-0.39, 0.29) is 11.3 Å². The van der Waals surface area contributed by atoms with Gasteiger partial charge < -0.3 is 5.32 Å². The summed E-state index contributed by atoms with van der Waals surface area (Å²) in [6.07, 6.45) is 2.23. The van der Waals surface area contributed by atoms with Gasteiger partial charge in [0.15, 0.2) is 0 Å². The van der Waals surface area contributed by atoms with Gasteiger partial charge in [-0.2, -0.15) is 15.3 Å².